The van der Waals surface area contributed by atoms with Gasteiger partial charge in [-0.3, -0.25) is 9.59 Å². The van der Waals surface area contributed by atoms with Crippen molar-refractivity contribution in [3.8, 4) is 0 Å². The number of carbonyl (C=O) groups is 2. The molecule has 0 aliphatic carbocycles. The predicted molar refractivity (Wildman–Crippen MR) is 69.4 cm³/mol. The first-order valence-corrected chi connectivity index (χ1v) is 6.41. The molecule has 1 atom stereocenters. The molecule has 20 heavy (non-hydrogen) atoms. The number of rotatable bonds is 4. The van der Waals surface area contributed by atoms with Crippen molar-refractivity contribution in [2.24, 2.45) is 0 Å². The molecule has 2 amide bonds. The molecule has 3 N–H and O–H groups in total. The lowest BCUT2D eigenvalue weighted by atomic mass is 10.2. The fraction of sp³-hybridized carbons (Fsp3) is 0.636. The summed E-state index contributed by atoms with van der Waals surface area (Å²) in [4.78, 5) is 29.4. The van der Waals surface area contributed by atoms with E-state index in [1.54, 1.807) is 0 Å². The van der Waals surface area contributed by atoms with E-state index in [1.165, 1.54) is 15.9 Å². The quantitative estimate of drug-likeness (QED) is 0.675. The third kappa shape index (κ3) is 3.23. The topological polar surface area (TPSA) is 115 Å². The van der Waals surface area contributed by atoms with Gasteiger partial charge in [0.05, 0.1) is 13.2 Å². The second kappa shape index (κ2) is 6.33. The van der Waals surface area contributed by atoms with Crippen LogP contribution in [0.3, 0.4) is 0 Å². The zero-order valence-electron chi connectivity index (χ0n) is 11.3. The predicted octanol–water partition coefficient (Wildman–Crippen LogP) is -1.78. The van der Waals surface area contributed by atoms with Crippen molar-refractivity contribution in [2.75, 3.05) is 32.0 Å². The molecule has 2 rings (SSSR count). The van der Waals surface area contributed by atoms with E-state index >= 15 is 0 Å². The summed E-state index contributed by atoms with van der Waals surface area (Å²) < 4.78 is 6.62. The van der Waals surface area contributed by atoms with Gasteiger partial charge >= 0.3 is 0 Å². The average molecular weight is 282 g/mol. The number of nitrogens with one attached hydrogen (secondary N) is 1. The number of aromatic nitrogens is 3. The van der Waals surface area contributed by atoms with Crippen LogP contribution in [0, 0.1) is 0 Å². The Morgan fingerprint density at radius 2 is 2.40 bits per heavy atom. The summed E-state index contributed by atoms with van der Waals surface area (Å²) >= 11 is 0. The van der Waals surface area contributed by atoms with Crippen molar-refractivity contribution in [3.63, 3.8) is 0 Å². The summed E-state index contributed by atoms with van der Waals surface area (Å²) in [6.45, 7) is 3.34. The van der Waals surface area contributed by atoms with Gasteiger partial charge in [0.1, 0.15) is 18.9 Å². The fourth-order valence-electron chi connectivity index (χ4n) is 2.03. The Hall–Kier alpha value is -2.16. The van der Waals surface area contributed by atoms with Crippen LogP contribution in [-0.4, -0.2) is 63.8 Å². The summed E-state index contributed by atoms with van der Waals surface area (Å²) in [6.07, 6.45) is 1.38. The van der Waals surface area contributed by atoms with Gasteiger partial charge in [0.25, 0.3) is 0 Å². The van der Waals surface area contributed by atoms with Gasteiger partial charge in [0, 0.05) is 13.1 Å². The summed E-state index contributed by atoms with van der Waals surface area (Å²) in [5.74, 6) is -0.312. The van der Waals surface area contributed by atoms with Crippen molar-refractivity contribution in [2.45, 2.75) is 19.5 Å². The molecule has 9 heteroatoms. The third-order valence-corrected chi connectivity index (χ3v) is 2.95. The van der Waals surface area contributed by atoms with Gasteiger partial charge in [-0.1, -0.05) is 0 Å². The number of amides is 2. The smallest absolute Gasteiger partial charge is 0.245 e. The van der Waals surface area contributed by atoms with Crippen LogP contribution in [-0.2, 0) is 20.9 Å². The van der Waals surface area contributed by atoms with Crippen LogP contribution in [0.15, 0.2) is 6.33 Å². The molecule has 0 aromatic carbocycles. The summed E-state index contributed by atoms with van der Waals surface area (Å²) in [5.41, 5.74) is 5.40. The van der Waals surface area contributed by atoms with E-state index in [0.29, 0.717) is 19.7 Å². The molecule has 0 spiro atoms. The van der Waals surface area contributed by atoms with Gasteiger partial charge in [-0.25, -0.2) is 9.67 Å². The lowest BCUT2D eigenvalue weighted by Crippen LogP contribution is -2.56. The van der Waals surface area contributed by atoms with E-state index in [2.05, 4.69) is 15.4 Å². The SMILES string of the molecule is CCNC(=O)C1COCCN1C(=O)Cn1cnc(N)n1. The second-order valence-corrected chi connectivity index (χ2v) is 4.37. The minimum absolute atomic E-state index is 0.000104. The monoisotopic (exact) mass is 282 g/mol. The number of nitrogens with two attached hydrogens (primary N) is 1. The first-order chi connectivity index (χ1) is 9.61. The Bertz CT molecular complexity index is 488. The number of anilines is 1. The second-order valence-electron chi connectivity index (χ2n) is 4.37. The molecule has 1 aliphatic heterocycles. The van der Waals surface area contributed by atoms with Gasteiger partial charge < -0.3 is 20.7 Å². The number of morpholine rings is 1. The van der Waals surface area contributed by atoms with Crippen LogP contribution in [0.25, 0.3) is 0 Å². The van der Waals surface area contributed by atoms with Crippen LogP contribution < -0.4 is 11.1 Å². The Balaban J connectivity index is 2.03. The highest BCUT2D eigenvalue weighted by Crippen LogP contribution is 2.08. The highest BCUT2D eigenvalue weighted by atomic mass is 16.5. The van der Waals surface area contributed by atoms with Crippen LogP contribution in [0.1, 0.15) is 6.92 Å². The Morgan fingerprint density at radius 3 is 3.05 bits per heavy atom. The molecule has 110 valence electrons. The fourth-order valence-corrected chi connectivity index (χ4v) is 2.03. The maximum Gasteiger partial charge on any atom is 0.245 e. The molecule has 1 aliphatic rings. The zero-order valence-corrected chi connectivity index (χ0v) is 11.3. The first kappa shape index (κ1) is 14.3. The summed E-state index contributed by atoms with van der Waals surface area (Å²) in [7, 11) is 0. The number of likely N-dealkylation sites (N-methyl/N-ethyl adjacent to an activating group) is 1. The standard InChI is InChI=1S/C11H18N6O3/c1-2-13-10(19)8-6-20-4-3-17(8)9(18)5-16-7-14-11(12)15-16/h7-8H,2-6H2,1H3,(H2,12,15)(H,13,19). The summed E-state index contributed by atoms with van der Waals surface area (Å²) in [6, 6.07) is -0.600. The van der Waals surface area contributed by atoms with E-state index in [-0.39, 0.29) is 30.9 Å². The number of carbonyl (C=O) groups excluding carboxylic acids is 2. The van der Waals surface area contributed by atoms with E-state index in [1.807, 2.05) is 6.92 Å². The van der Waals surface area contributed by atoms with E-state index < -0.39 is 6.04 Å². The minimum Gasteiger partial charge on any atom is -0.377 e. The summed E-state index contributed by atoms with van der Waals surface area (Å²) in [5, 5.41) is 6.56. The molecule has 1 aromatic rings. The maximum atomic E-state index is 12.3. The van der Waals surface area contributed by atoms with E-state index in [4.69, 9.17) is 10.5 Å². The Labute approximate surface area is 116 Å². The molecule has 2 heterocycles. The zero-order chi connectivity index (χ0) is 14.5. The van der Waals surface area contributed by atoms with E-state index in [0.717, 1.165) is 0 Å². The van der Waals surface area contributed by atoms with Gasteiger partial charge in [-0.05, 0) is 6.92 Å². The molecule has 0 saturated carbocycles. The third-order valence-electron chi connectivity index (χ3n) is 2.95. The Kier molecular flexibility index (Phi) is 4.51. The van der Waals surface area contributed by atoms with E-state index in [9.17, 15) is 9.59 Å². The van der Waals surface area contributed by atoms with Crippen LogP contribution in [0.2, 0.25) is 0 Å². The maximum absolute atomic E-state index is 12.3. The molecule has 0 bridgehead atoms. The lowest BCUT2D eigenvalue weighted by molar-refractivity contribution is -0.149. The lowest BCUT2D eigenvalue weighted by Gasteiger charge is -2.34. The number of ether oxygens (including phenoxy) is 1. The Morgan fingerprint density at radius 1 is 1.60 bits per heavy atom. The number of nitrogen functional groups attached to an aromatic ring is 1. The normalized spacial score (nSPS) is 18.9. The molecule has 0 radical (unpaired) electrons. The first-order valence-electron chi connectivity index (χ1n) is 6.41. The van der Waals surface area contributed by atoms with Crippen LogP contribution in [0.4, 0.5) is 5.95 Å². The van der Waals surface area contributed by atoms with Gasteiger partial charge in [-0.2, -0.15) is 0 Å². The van der Waals surface area contributed by atoms with Crippen molar-refractivity contribution < 1.29 is 14.3 Å². The van der Waals surface area contributed by atoms with Crippen molar-refractivity contribution in [3.05, 3.63) is 6.33 Å². The minimum atomic E-state index is -0.600. The average Bonchev–Trinajstić information content (AvgIpc) is 2.84. The van der Waals surface area contributed by atoms with Crippen molar-refractivity contribution >= 4 is 17.8 Å². The van der Waals surface area contributed by atoms with Gasteiger partial charge in [0.15, 0.2) is 0 Å². The molecular weight excluding hydrogens is 264 g/mol. The molecule has 1 aromatic heterocycles. The van der Waals surface area contributed by atoms with Crippen LogP contribution in [0.5, 0.6) is 0 Å². The molecule has 1 saturated heterocycles. The van der Waals surface area contributed by atoms with Gasteiger partial charge in [0.2, 0.25) is 17.8 Å². The molecule has 9 nitrogen and oxygen atoms in total. The molecule has 1 fully saturated rings. The van der Waals surface area contributed by atoms with Crippen LogP contribution >= 0.6 is 0 Å². The van der Waals surface area contributed by atoms with Gasteiger partial charge in [-0.15, -0.1) is 5.10 Å². The number of hydrogen-bond donors (Lipinski definition) is 2. The van der Waals surface area contributed by atoms with Crippen molar-refractivity contribution in [1.29, 1.82) is 0 Å². The molecular formula is C11H18N6O3. The number of hydrogen-bond acceptors (Lipinski definition) is 6. The van der Waals surface area contributed by atoms with Crippen molar-refractivity contribution in [1.82, 2.24) is 25.0 Å². The molecule has 1 unspecified atom stereocenters. The highest BCUT2D eigenvalue weighted by molar-refractivity contribution is 5.87. The number of nitrogens with zero attached hydrogens (tertiary/aromatic N) is 4. The largest absolute Gasteiger partial charge is 0.377 e. The highest BCUT2D eigenvalue weighted by Gasteiger charge is 2.32.